The Bertz CT molecular complexity index is 1450. The molecule has 0 radical (unpaired) electrons. The van der Waals surface area contributed by atoms with E-state index in [0.717, 1.165) is 60.2 Å². The number of carbonyl (C=O) groups excluding carboxylic acids is 1. The van der Waals surface area contributed by atoms with E-state index in [-0.39, 0.29) is 24.7 Å². The third-order valence-corrected chi connectivity index (χ3v) is 8.19. The van der Waals surface area contributed by atoms with Gasteiger partial charge in [0.25, 0.3) is 12.2 Å². The van der Waals surface area contributed by atoms with Crippen LogP contribution in [0.25, 0.3) is 11.8 Å². The van der Waals surface area contributed by atoms with Gasteiger partial charge in [-0.2, -0.15) is 4.57 Å². The zero-order valence-electron chi connectivity index (χ0n) is 21.9. The van der Waals surface area contributed by atoms with Crippen LogP contribution in [0.2, 0.25) is 5.02 Å². The number of methoxy groups -OCH3 is 1. The van der Waals surface area contributed by atoms with Crippen molar-refractivity contribution in [2.75, 3.05) is 7.11 Å². The lowest BCUT2D eigenvalue weighted by Crippen LogP contribution is -2.49. The third kappa shape index (κ3) is 6.13. The smallest absolute Gasteiger partial charge is 0.472 e. The summed E-state index contributed by atoms with van der Waals surface area (Å²) in [6.45, 7) is 1.52. The van der Waals surface area contributed by atoms with Gasteiger partial charge in [-0.15, -0.1) is 0 Å². The molecule has 1 aromatic heterocycles. The average molecular weight is 573 g/mol. The number of hydrogen-bond acceptors (Lipinski definition) is 4. The van der Waals surface area contributed by atoms with E-state index < -0.39 is 7.82 Å². The molecular weight excluding hydrogens is 541 g/mol. The van der Waals surface area contributed by atoms with Crippen LogP contribution in [-0.2, 0) is 20.6 Å². The fourth-order valence-corrected chi connectivity index (χ4v) is 5.96. The minimum absolute atomic E-state index is 0.0485. The Balaban J connectivity index is 1.40. The lowest BCUT2D eigenvalue weighted by atomic mass is 9.84. The van der Waals surface area contributed by atoms with E-state index in [1.165, 1.54) is 0 Å². The van der Waals surface area contributed by atoms with Crippen molar-refractivity contribution in [1.82, 2.24) is 9.47 Å². The topological polar surface area (TPSA) is 105 Å². The summed E-state index contributed by atoms with van der Waals surface area (Å²) in [6, 6.07) is 13.8. The Kier molecular flexibility index (Phi) is 7.99. The molecule has 39 heavy (non-hydrogen) atoms. The largest absolute Gasteiger partial charge is 0.492 e. The lowest BCUT2D eigenvalue weighted by molar-refractivity contribution is -0.730. The zero-order chi connectivity index (χ0) is 27.7. The number of aromatic nitrogens is 2. The molecule has 3 heterocycles. The molecule has 0 spiro atoms. The van der Waals surface area contributed by atoms with Crippen LogP contribution in [0.15, 0.2) is 60.6 Å². The summed E-state index contributed by atoms with van der Waals surface area (Å²) in [5, 5.41) is 0.688. The maximum absolute atomic E-state index is 13.8. The van der Waals surface area contributed by atoms with Crippen molar-refractivity contribution in [1.29, 1.82) is 0 Å². The summed E-state index contributed by atoms with van der Waals surface area (Å²) in [7, 11) is -3.01. The second kappa shape index (κ2) is 11.3. The predicted octanol–water partition coefficient (Wildman–Crippen LogP) is 5.10. The number of nitrogens with zero attached hydrogens (tertiary/aromatic N) is 3. The molecule has 3 aromatic rings. The Hall–Kier alpha value is -2.94. The average Bonchev–Trinajstić information content (AvgIpc) is 3.29. The molecule has 2 aromatic carbocycles. The third-order valence-electron chi connectivity index (χ3n) is 7.49. The van der Waals surface area contributed by atoms with Gasteiger partial charge in [0.05, 0.1) is 13.2 Å². The van der Waals surface area contributed by atoms with Crippen molar-refractivity contribution >= 4 is 31.4 Å². The number of phosphoric acid groups is 1. The van der Waals surface area contributed by atoms with Crippen molar-refractivity contribution in [2.24, 2.45) is 0 Å². The lowest BCUT2D eigenvalue weighted by Gasteiger charge is -2.46. The van der Waals surface area contributed by atoms with Crippen LogP contribution in [0.3, 0.4) is 0 Å². The zero-order valence-corrected chi connectivity index (χ0v) is 23.5. The first kappa shape index (κ1) is 27.6. The number of imidazole rings is 1. The van der Waals surface area contributed by atoms with Crippen LogP contribution in [-0.4, -0.2) is 38.3 Å². The van der Waals surface area contributed by atoms with Crippen LogP contribution >= 0.6 is 19.4 Å². The highest BCUT2D eigenvalue weighted by Crippen LogP contribution is 2.41. The Morgan fingerprint density at radius 2 is 1.92 bits per heavy atom. The van der Waals surface area contributed by atoms with Gasteiger partial charge < -0.3 is 19.4 Å². The normalized spacial score (nSPS) is 20.8. The molecule has 11 heteroatoms. The molecule has 0 aliphatic carbocycles. The monoisotopic (exact) mass is 572 g/mol. The number of hydrogen-bond donors (Lipinski definition) is 2. The Morgan fingerprint density at radius 1 is 1.15 bits per heavy atom. The number of aryl methyl sites for hydroxylation is 1. The van der Waals surface area contributed by atoms with E-state index in [1.807, 2.05) is 61.7 Å². The highest BCUT2D eigenvalue weighted by atomic mass is 35.5. The molecule has 1 amide bonds. The SMILES string of the molecule is COc1cc(/C=C2\CC[C@H]3CCC[C@@H](c4ccc(Cl)cc4)N3C2=O)ccc1-n1cc(C)[n+](COP(=O)(O)O)c1. The highest BCUT2D eigenvalue weighted by molar-refractivity contribution is 7.46. The number of ether oxygens (including phenoxy) is 1. The number of halogens is 1. The van der Waals surface area contributed by atoms with Crippen LogP contribution in [0.4, 0.5) is 0 Å². The molecule has 0 bridgehead atoms. The van der Waals surface area contributed by atoms with Crippen LogP contribution in [0.5, 0.6) is 5.75 Å². The van der Waals surface area contributed by atoms with Gasteiger partial charge in [-0.25, -0.2) is 13.7 Å². The molecule has 2 saturated heterocycles. The Labute approximate surface area is 232 Å². The summed E-state index contributed by atoms with van der Waals surface area (Å²) < 4.78 is 24.8. The molecule has 2 fully saturated rings. The van der Waals surface area contributed by atoms with E-state index in [0.29, 0.717) is 10.8 Å². The van der Waals surface area contributed by atoms with Crippen molar-refractivity contribution in [2.45, 2.75) is 57.8 Å². The van der Waals surface area contributed by atoms with Gasteiger partial charge >= 0.3 is 7.82 Å². The van der Waals surface area contributed by atoms with Gasteiger partial charge in [-0.1, -0.05) is 29.8 Å². The summed E-state index contributed by atoms with van der Waals surface area (Å²) in [5.41, 5.74) is 4.25. The van der Waals surface area contributed by atoms with Gasteiger partial charge in [0, 0.05) is 23.6 Å². The minimum Gasteiger partial charge on any atom is -0.492 e. The predicted molar refractivity (Wildman–Crippen MR) is 146 cm³/mol. The fraction of sp³-hybridized carbons (Fsp3) is 0.357. The molecule has 2 aliphatic rings. The van der Waals surface area contributed by atoms with Crippen molar-refractivity contribution < 1.29 is 33.0 Å². The molecule has 206 valence electrons. The summed E-state index contributed by atoms with van der Waals surface area (Å²) in [5.74, 6) is 0.682. The molecule has 0 unspecified atom stereocenters. The van der Waals surface area contributed by atoms with Gasteiger partial charge in [0.2, 0.25) is 6.73 Å². The second-order valence-corrected chi connectivity index (χ2v) is 11.7. The Morgan fingerprint density at radius 3 is 2.64 bits per heavy atom. The number of amides is 1. The van der Waals surface area contributed by atoms with Crippen molar-refractivity contribution in [3.05, 3.63) is 82.4 Å². The maximum Gasteiger partial charge on any atom is 0.472 e. The van der Waals surface area contributed by atoms with E-state index >= 15 is 0 Å². The first-order valence-electron chi connectivity index (χ1n) is 12.9. The molecule has 0 saturated carbocycles. The molecule has 2 aliphatic heterocycles. The fourth-order valence-electron chi connectivity index (χ4n) is 5.56. The molecular formula is C28H32ClN3O6P+. The number of phosphoric ester groups is 1. The first-order chi connectivity index (χ1) is 18.6. The molecule has 5 rings (SSSR count). The standard InChI is InChI=1S/C28H31ClN3O6P/c1-19-16-30(17-31(19)18-38-39(34,35)36)26-13-6-20(15-27(26)37-2)14-22-9-12-24-4-3-5-25(32(24)28(22)33)21-7-10-23(29)11-8-21/h6-8,10-11,13-17,24-25H,3-5,9,12,18H2,1-2H3,(H-,34,35,36)/p+1/b22-14+/t24-,25+/m1/s1. The maximum atomic E-state index is 13.8. The van der Waals surface area contributed by atoms with Crippen LogP contribution in [0, 0.1) is 6.92 Å². The summed E-state index contributed by atoms with van der Waals surface area (Å²) in [6.07, 6.45) is 10.2. The van der Waals surface area contributed by atoms with Gasteiger partial charge in [-0.05, 0) is 73.6 Å². The highest BCUT2D eigenvalue weighted by Gasteiger charge is 2.39. The number of piperidine rings is 2. The minimum atomic E-state index is -4.59. The van der Waals surface area contributed by atoms with Gasteiger partial charge in [0.15, 0.2) is 11.4 Å². The van der Waals surface area contributed by atoms with Gasteiger partial charge in [0.1, 0.15) is 11.9 Å². The van der Waals surface area contributed by atoms with Crippen molar-refractivity contribution in [3.63, 3.8) is 0 Å². The number of benzene rings is 2. The quantitative estimate of drug-likeness (QED) is 0.232. The molecule has 2 atom stereocenters. The van der Waals surface area contributed by atoms with E-state index in [1.54, 1.807) is 22.6 Å². The molecule has 2 N–H and O–H groups in total. The van der Waals surface area contributed by atoms with Crippen LogP contribution < -0.4 is 9.30 Å². The summed E-state index contributed by atoms with van der Waals surface area (Å²) in [4.78, 5) is 33.9. The van der Waals surface area contributed by atoms with Crippen molar-refractivity contribution in [3.8, 4) is 11.4 Å². The van der Waals surface area contributed by atoms with Crippen LogP contribution in [0.1, 0.15) is 55.0 Å². The number of carbonyl (C=O) groups is 1. The number of fused-ring (bicyclic) bond motifs is 1. The molecule has 9 nitrogen and oxygen atoms in total. The number of rotatable bonds is 7. The first-order valence-corrected chi connectivity index (χ1v) is 14.8. The van der Waals surface area contributed by atoms with Gasteiger partial charge in [-0.3, -0.25) is 4.79 Å². The summed E-state index contributed by atoms with van der Waals surface area (Å²) >= 11 is 6.11. The van der Waals surface area contributed by atoms with E-state index in [2.05, 4.69) is 9.42 Å². The van der Waals surface area contributed by atoms with E-state index in [9.17, 15) is 9.36 Å². The second-order valence-electron chi connectivity index (χ2n) is 10.0. The van der Waals surface area contributed by atoms with E-state index in [4.69, 9.17) is 26.1 Å².